The predicted molar refractivity (Wildman–Crippen MR) is 86.9 cm³/mol. The number of halogens is 2. The van der Waals surface area contributed by atoms with Gasteiger partial charge < -0.3 is 10.2 Å². The van der Waals surface area contributed by atoms with E-state index in [1.54, 1.807) is 0 Å². The van der Waals surface area contributed by atoms with Crippen molar-refractivity contribution in [1.82, 2.24) is 0 Å². The summed E-state index contributed by atoms with van der Waals surface area (Å²) in [6.07, 6.45) is 5.64. The van der Waals surface area contributed by atoms with Crippen molar-refractivity contribution < 1.29 is 19.8 Å². The van der Waals surface area contributed by atoms with Crippen LogP contribution in [0.5, 0.6) is 0 Å². The first-order valence-electron chi connectivity index (χ1n) is 7.10. The van der Waals surface area contributed by atoms with Crippen LogP contribution in [0, 0.1) is 0 Å². The molecule has 0 fully saturated rings. The molecule has 0 rings (SSSR count). The first kappa shape index (κ1) is 19.9. The van der Waals surface area contributed by atoms with Crippen LogP contribution < -0.4 is 0 Å². The third-order valence-electron chi connectivity index (χ3n) is 3.56. The van der Waals surface area contributed by atoms with Crippen molar-refractivity contribution in [3.05, 3.63) is 0 Å². The van der Waals surface area contributed by atoms with Crippen molar-refractivity contribution in [2.24, 2.45) is 0 Å². The van der Waals surface area contributed by atoms with E-state index >= 15 is 0 Å². The molecular weight excluding hydrogens is 392 g/mol. The highest BCUT2D eigenvalue weighted by atomic mass is 79.9. The van der Waals surface area contributed by atoms with Gasteiger partial charge in [-0.25, -0.2) is 0 Å². The maximum Gasteiger partial charge on any atom is 0.322 e. The highest BCUT2D eigenvalue weighted by Crippen LogP contribution is 2.46. The van der Waals surface area contributed by atoms with Gasteiger partial charge in [-0.1, -0.05) is 84.2 Å². The number of hydrogen-bond donors (Lipinski definition) is 2. The zero-order valence-electron chi connectivity index (χ0n) is 12.1. The molecule has 0 aromatic carbocycles. The Morgan fingerprint density at radius 1 is 0.800 bits per heavy atom. The topological polar surface area (TPSA) is 74.6 Å². The zero-order valence-corrected chi connectivity index (χ0v) is 15.3. The van der Waals surface area contributed by atoms with Gasteiger partial charge in [0.2, 0.25) is 0 Å². The number of carboxylic acids is 2. The standard InChI is InChI=1S/C14H24Br2O4/c1-3-5-7-9-13(15,11(17)18)14(16,12(19)20)10-8-6-4-2/h3-10H2,1-2H3,(H,17,18)(H,19,20). The van der Waals surface area contributed by atoms with Crippen LogP contribution in [0.1, 0.15) is 65.2 Å². The molecule has 0 heterocycles. The fourth-order valence-electron chi connectivity index (χ4n) is 2.19. The maximum atomic E-state index is 11.7. The first-order valence-corrected chi connectivity index (χ1v) is 8.69. The van der Waals surface area contributed by atoms with Crippen LogP contribution in [-0.4, -0.2) is 30.8 Å². The Morgan fingerprint density at radius 2 is 1.10 bits per heavy atom. The van der Waals surface area contributed by atoms with Crippen LogP contribution in [0.4, 0.5) is 0 Å². The SMILES string of the molecule is CCCCCC(Br)(C(=O)O)C(Br)(CCCCC)C(=O)O. The molecule has 2 unspecified atom stereocenters. The number of unbranched alkanes of at least 4 members (excludes halogenated alkanes) is 4. The third-order valence-corrected chi connectivity index (χ3v) is 6.91. The Morgan fingerprint density at radius 3 is 1.30 bits per heavy atom. The molecule has 4 nitrogen and oxygen atoms in total. The molecular formula is C14H24Br2O4. The summed E-state index contributed by atoms with van der Waals surface area (Å²) >= 11 is 6.46. The largest absolute Gasteiger partial charge is 0.480 e. The highest BCUT2D eigenvalue weighted by molar-refractivity contribution is 9.13. The van der Waals surface area contributed by atoms with E-state index in [0.29, 0.717) is 25.7 Å². The molecule has 0 aliphatic rings. The van der Waals surface area contributed by atoms with Crippen molar-refractivity contribution in [3.8, 4) is 0 Å². The van der Waals surface area contributed by atoms with Gasteiger partial charge in [0.1, 0.15) is 8.65 Å². The molecule has 6 heteroatoms. The molecule has 0 aromatic rings. The Labute approximate surface area is 137 Å². The molecule has 20 heavy (non-hydrogen) atoms. The molecule has 118 valence electrons. The quantitative estimate of drug-likeness (QED) is 0.382. The Hall–Kier alpha value is -0.100. The van der Waals surface area contributed by atoms with Crippen LogP contribution in [0.15, 0.2) is 0 Å². The summed E-state index contributed by atoms with van der Waals surface area (Å²) in [7, 11) is 0. The first-order chi connectivity index (χ1) is 9.26. The van der Waals surface area contributed by atoms with Gasteiger partial charge in [-0.2, -0.15) is 0 Å². The van der Waals surface area contributed by atoms with Crippen LogP contribution in [0.3, 0.4) is 0 Å². The zero-order chi connectivity index (χ0) is 15.8. The van der Waals surface area contributed by atoms with Crippen molar-refractivity contribution >= 4 is 43.8 Å². The van der Waals surface area contributed by atoms with Crippen molar-refractivity contribution in [3.63, 3.8) is 0 Å². The number of carboxylic acid groups (broad SMARTS) is 2. The van der Waals surface area contributed by atoms with Gasteiger partial charge in [-0.05, 0) is 12.8 Å². The van der Waals surface area contributed by atoms with Gasteiger partial charge >= 0.3 is 11.9 Å². The summed E-state index contributed by atoms with van der Waals surface area (Å²) in [5, 5.41) is 19.1. The van der Waals surface area contributed by atoms with Crippen LogP contribution in [-0.2, 0) is 9.59 Å². The second-order valence-electron chi connectivity index (χ2n) is 5.13. The Balaban J connectivity index is 5.21. The van der Waals surface area contributed by atoms with Gasteiger partial charge in [-0.3, -0.25) is 9.59 Å². The number of rotatable bonds is 11. The predicted octanol–water partition coefficient (Wildman–Crippen LogP) is 4.58. The van der Waals surface area contributed by atoms with Gasteiger partial charge in [0, 0.05) is 0 Å². The molecule has 0 aromatic heterocycles. The third kappa shape index (κ3) is 4.72. The fourth-order valence-corrected chi connectivity index (χ4v) is 3.48. The van der Waals surface area contributed by atoms with Crippen LogP contribution in [0.25, 0.3) is 0 Å². The van der Waals surface area contributed by atoms with Gasteiger partial charge in [0.15, 0.2) is 0 Å². The lowest BCUT2D eigenvalue weighted by Gasteiger charge is -2.37. The monoisotopic (exact) mass is 414 g/mol. The summed E-state index contributed by atoms with van der Waals surface area (Å²) < 4.78 is -2.95. The van der Waals surface area contributed by atoms with Crippen LogP contribution in [0.2, 0.25) is 0 Å². The highest BCUT2D eigenvalue weighted by Gasteiger charge is 2.58. The minimum atomic E-state index is -1.48. The van der Waals surface area contributed by atoms with Crippen LogP contribution >= 0.6 is 31.9 Å². The molecule has 0 spiro atoms. The average Bonchev–Trinajstić information content (AvgIpc) is 2.38. The summed E-state index contributed by atoms with van der Waals surface area (Å²) in [5.41, 5.74) is 0. The molecule has 0 saturated carbocycles. The smallest absolute Gasteiger partial charge is 0.322 e. The van der Waals surface area contributed by atoms with E-state index in [2.05, 4.69) is 31.9 Å². The number of carbonyl (C=O) groups is 2. The van der Waals surface area contributed by atoms with Crippen molar-refractivity contribution in [1.29, 1.82) is 0 Å². The maximum absolute atomic E-state index is 11.7. The summed E-state index contributed by atoms with van der Waals surface area (Å²) in [6, 6.07) is 0. The Kier molecular flexibility index (Phi) is 8.98. The Bertz CT molecular complexity index is 303. The van der Waals surface area contributed by atoms with Crippen molar-refractivity contribution in [2.75, 3.05) is 0 Å². The lowest BCUT2D eigenvalue weighted by Crippen LogP contribution is -2.55. The average molecular weight is 416 g/mol. The van der Waals surface area contributed by atoms with E-state index in [0.717, 1.165) is 25.7 Å². The molecule has 2 atom stereocenters. The second kappa shape index (κ2) is 9.03. The molecule has 0 bridgehead atoms. The summed E-state index contributed by atoms with van der Waals surface area (Å²) in [4.78, 5) is 23.3. The second-order valence-corrected chi connectivity index (χ2v) is 7.83. The molecule has 2 N–H and O–H groups in total. The molecule has 0 aliphatic heterocycles. The number of hydrogen-bond acceptors (Lipinski definition) is 2. The van der Waals surface area contributed by atoms with E-state index in [1.807, 2.05) is 13.8 Å². The van der Waals surface area contributed by atoms with Gasteiger partial charge in [-0.15, -0.1) is 0 Å². The van der Waals surface area contributed by atoms with E-state index < -0.39 is 20.6 Å². The lowest BCUT2D eigenvalue weighted by atomic mass is 9.83. The van der Waals surface area contributed by atoms with E-state index in [-0.39, 0.29) is 0 Å². The normalized spacial score (nSPS) is 17.2. The van der Waals surface area contributed by atoms with E-state index in [9.17, 15) is 19.8 Å². The number of aliphatic carboxylic acids is 2. The molecule has 0 amide bonds. The number of alkyl halides is 2. The lowest BCUT2D eigenvalue weighted by molar-refractivity contribution is -0.149. The fraction of sp³-hybridized carbons (Fsp3) is 0.857. The minimum Gasteiger partial charge on any atom is -0.480 e. The van der Waals surface area contributed by atoms with E-state index in [4.69, 9.17) is 0 Å². The van der Waals surface area contributed by atoms with Gasteiger partial charge in [0.25, 0.3) is 0 Å². The van der Waals surface area contributed by atoms with E-state index in [1.165, 1.54) is 0 Å². The van der Waals surface area contributed by atoms with Gasteiger partial charge in [0.05, 0.1) is 0 Å². The molecule has 0 saturated heterocycles. The summed E-state index contributed by atoms with van der Waals surface area (Å²) in [5.74, 6) is -2.24. The molecule has 0 radical (unpaired) electrons. The molecule has 0 aliphatic carbocycles. The summed E-state index contributed by atoms with van der Waals surface area (Å²) in [6.45, 7) is 4.05. The minimum absolute atomic E-state index is 0.292. The van der Waals surface area contributed by atoms with Crippen molar-refractivity contribution in [2.45, 2.75) is 73.9 Å².